The van der Waals surface area contributed by atoms with Gasteiger partial charge < -0.3 is 16.0 Å². The van der Waals surface area contributed by atoms with Crippen molar-refractivity contribution in [3.63, 3.8) is 0 Å². The first-order valence-electron chi connectivity index (χ1n) is 9.21. The molecule has 142 valence electrons. The van der Waals surface area contributed by atoms with Gasteiger partial charge in [-0.25, -0.2) is 0 Å². The third kappa shape index (κ3) is 6.29. The summed E-state index contributed by atoms with van der Waals surface area (Å²) in [5.41, 5.74) is 7.90. The second-order valence-electron chi connectivity index (χ2n) is 6.48. The lowest BCUT2D eigenvalue weighted by Crippen LogP contribution is -2.29. The number of benzene rings is 1. The molecule has 5 nitrogen and oxygen atoms in total. The van der Waals surface area contributed by atoms with Crippen molar-refractivity contribution < 1.29 is 9.59 Å². The Morgan fingerprint density at radius 2 is 1.74 bits per heavy atom. The number of rotatable bonds is 7. The van der Waals surface area contributed by atoms with E-state index >= 15 is 0 Å². The summed E-state index contributed by atoms with van der Waals surface area (Å²) >= 11 is 0. The highest BCUT2D eigenvalue weighted by Gasteiger charge is 2.15. The maximum absolute atomic E-state index is 12.9. The molecule has 0 spiro atoms. The Labute approximate surface area is 160 Å². The van der Waals surface area contributed by atoms with Gasteiger partial charge in [-0.05, 0) is 37.1 Å². The number of nitrogens with two attached hydrogens (primary N) is 1. The van der Waals surface area contributed by atoms with E-state index in [9.17, 15) is 9.59 Å². The fourth-order valence-corrected chi connectivity index (χ4v) is 2.82. The normalized spacial score (nSPS) is 11.3. The monoisotopic (exact) mass is 365 g/mol. The van der Waals surface area contributed by atoms with Crippen LogP contribution < -0.4 is 11.1 Å². The Balaban J connectivity index is 2.31. The molecule has 1 aromatic heterocycles. The number of aromatic nitrogens is 1. The summed E-state index contributed by atoms with van der Waals surface area (Å²) in [5.74, 6) is -0.711. The quantitative estimate of drug-likeness (QED) is 0.686. The van der Waals surface area contributed by atoms with Crippen molar-refractivity contribution in [1.82, 2.24) is 10.3 Å². The number of nitrogens with one attached hydrogen (secondary N) is 2. The van der Waals surface area contributed by atoms with Crippen molar-refractivity contribution in [2.24, 2.45) is 5.73 Å². The minimum atomic E-state index is -0.516. The van der Waals surface area contributed by atoms with Crippen molar-refractivity contribution in [3.05, 3.63) is 83.2 Å². The molecule has 0 aliphatic rings. The summed E-state index contributed by atoms with van der Waals surface area (Å²) in [6.07, 6.45) is 2.96. The summed E-state index contributed by atoms with van der Waals surface area (Å²) in [7, 11) is 0. The first kappa shape index (κ1) is 20.2. The molecule has 1 aromatic carbocycles. The Kier molecular flexibility index (Phi) is 7.62. The van der Waals surface area contributed by atoms with Gasteiger partial charge in [0.25, 0.3) is 5.91 Å². The van der Waals surface area contributed by atoms with Crippen LogP contribution in [0.1, 0.15) is 64.3 Å². The molecule has 0 fully saturated rings. The SMILES string of the molecule is CCCCC(NC(=O)c1ccccc(C(N)=O)cc(C)[nH]1)c1ccccc1. The molecule has 4 N–H and O–H groups in total. The van der Waals surface area contributed by atoms with E-state index in [-0.39, 0.29) is 11.9 Å². The Bertz CT molecular complexity index is 827. The average molecular weight is 365 g/mol. The lowest BCUT2D eigenvalue weighted by atomic mass is 10.0. The summed E-state index contributed by atoms with van der Waals surface area (Å²) in [6.45, 7) is 3.92. The van der Waals surface area contributed by atoms with E-state index in [1.807, 2.05) is 30.3 Å². The molecule has 1 atom stereocenters. The first-order chi connectivity index (χ1) is 13.0. The zero-order chi connectivity index (χ0) is 19.6. The minimum Gasteiger partial charge on any atom is -0.366 e. The highest BCUT2D eigenvalue weighted by Crippen LogP contribution is 2.19. The van der Waals surface area contributed by atoms with Crippen LogP contribution in [0.2, 0.25) is 0 Å². The van der Waals surface area contributed by atoms with Crippen LogP contribution >= 0.6 is 0 Å². The standard InChI is InChI=1S/C22H27N3O2/c1-3-4-13-19(17-10-6-5-7-11-17)25-22(27)20-14-9-8-12-18(21(23)26)15-16(2)24-20/h5-12,14-15,19,24H,3-4,13H2,1-2H3,(H2,23,26)(H,25,27). The highest BCUT2D eigenvalue weighted by molar-refractivity contribution is 5.93. The molecule has 0 bridgehead atoms. The third-order valence-corrected chi connectivity index (χ3v) is 4.24. The maximum atomic E-state index is 12.9. The molecule has 0 aliphatic carbocycles. The predicted octanol–water partition coefficient (Wildman–Crippen LogP) is 4.21. The molecule has 2 amide bonds. The van der Waals surface area contributed by atoms with E-state index in [1.54, 1.807) is 37.3 Å². The second kappa shape index (κ2) is 10.2. The molecule has 0 saturated carbocycles. The highest BCUT2D eigenvalue weighted by atomic mass is 16.2. The van der Waals surface area contributed by atoms with Crippen LogP contribution in [-0.2, 0) is 0 Å². The van der Waals surface area contributed by atoms with Gasteiger partial charge in [0.05, 0.1) is 6.04 Å². The van der Waals surface area contributed by atoms with Crippen LogP contribution in [0.5, 0.6) is 0 Å². The molecule has 0 saturated heterocycles. The molecule has 2 aromatic rings. The molecule has 1 unspecified atom stereocenters. The van der Waals surface area contributed by atoms with Gasteiger partial charge in [0.15, 0.2) is 0 Å². The summed E-state index contributed by atoms with van der Waals surface area (Å²) < 4.78 is 0. The molecule has 0 aliphatic heterocycles. The lowest BCUT2D eigenvalue weighted by molar-refractivity contribution is 0.0928. The molecule has 0 radical (unpaired) electrons. The van der Waals surface area contributed by atoms with E-state index in [1.165, 1.54) is 0 Å². The fraction of sp³-hybridized carbons (Fsp3) is 0.273. The fourth-order valence-electron chi connectivity index (χ4n) is 2.82. The van der Waals surface area contributed by atoms with Gasteiger partial charge in [-0.1, -0.05) is 62.2 Å². The van der Waals surface area contributed by atoms with Gasteiger partial charge in [-0.2, -0.15) is 0 Å². The number of primary amides is 1. The van der Waals surface area contributed by atoms with Gasteiger partial charge in [0, 0.05) is 11.3 Å². The topological polar surface area (TPSA) is 88.0 Å². The Morgan fingerprint density at radius 3 is 2.41 bits per heavy atom. The van der Waals surface area contributed by atoms with E-state index in [0.717, 1.165) is 24.8 Å². The number of amides is 2. The zero-order valence-electron chi connectivity index (χ0n) is 15.9. The average Bonchev–Trinajstić information content (AvgIpc) is 2.76. The number of unbranched alkanes of at least 4 members (excludes halogenated alkanes) is 1. The number of H-pyrrole nitrogens is 1. The molecule has 1 heterocycles. The van der Waals surface area contributed by atoms with Crippen molar-refractivity contribution in [2.75, 3.05) is 0 Å². The third-order valence-electron chi connectivity index (χ3n) is 4.24. The Hall–Kier alpha value is -3.08. The van der Waals surface area contributed by atoms with E-state index in [2.05, 4.69) is 17.2 Å². The Morgan fingerprint density at radius 1 is 1.07 bits per heavy atom. The summed E-state index contributed by atoms with van der Waals surface area (Å²) in [4.78, 5) is 27.4. The summed E-state index contributed by atoms with van der Waals surface area (Å²) in [6, 6.07) is 18.3. The number of hydrogen-bond acceptors (Lipinski definition) is 2. The number of carbonyl (C=O) groups is 2. The maximum Gasteiger partial charge on any atom is 0.268 e. The van der Waals surface area contributed by atoms with Crippen LogP contribution in [0.3, 0.4) is 0 Å². The van der Waals surface area contributed by atoms with Crippen LogP contribution in [-0.4, -0.2) is 16.8 Å². The van der Waals surface area contributed by atoms with Gasteiger partial charge in [0.2, 0.25) is 5.91 Å². The van der Waals surface area contributed by atoms with Gasteiger partial charge >= 0.3 is 0 Å². The van der Waals surface area contributed by atoms with Crippen LogP contribution in [0.25, 0.3) is 0 Å². The van der Waals surface area contributed by atoms with Crippen molar-refractivity contribution >= 4 is 11.8 Å². The largest absolute Gasteiger partial charge is 0.366 e. The first-order valence-corrected chi connectivity index (χ1v) is 9.21. The molecule has 5 heteroatoms. The van der Waals surface area contributed by atoms with Crippen molar-refractivity contribution in [3.8, 4) is 0 Å². The van der Waals surface area contributed by atoms with E-state index in [0.29, 0.717) is 17.0 Å². The molecule has 27 heavy (non-hydrogen) atoms. The van der Waals surface area contributed by atoms with E-state index in [4.69, 9.17) is 5.73 Å². The number of carbonyl (C=O) groups excluding carboxylic acids is 2. The van der Waals surface area contributed by atoms with Gasteiger partial charge in [-0.3, -0.25) is 9.59 Å². The summed E-state index contributed by atoms with van der Waals surface area (Å²) in [5, 5.41) is 3.12. The molecule has 2 rings (SSSR count). The van der Waals surface area contributed by atoms with Gasteiger partial charge in [0.1, 0.15) is 5.69 Å². The van der Waals surface area contributed by atoms with Crippen molar-refractivity contribution in [2.45, 2.75) is 39.2 Å². The van der Waals surface area contributed by atoms with Crippen molar-refractivity contribution in [1.29, 1.82) is 0 Å². The molecular weight excluding hydrogens is 338 g/mol. The van der Waals surface area contributed by atoms with Crippen LogP contribution in [0.15, 0.2) is 60.7 Å². The van der Waals surface area contributed by atoms with Crippen LogP contribution in [0.4, 0.5) is 0 Å². The molecular formula is C22H27N3O2. The number of aromatic amines is 1. The zero-order valence-corrected chi connectivity index (χ0v) is 15.9. The van der Waals surface area contributed by atoms with Crippen LogP contribution in [0, 0.1) is 6.92 Å². The smallest absolute Gasteiger partial charge is 0.268 e. The van der Waals surface area contributed by atoms with Gasteiger partial charge in [-0.15, -0.1) is 0 Å². The predicted molar refractivity (Wildman–Crippen MR) is 108 cm³/mol. The number of hydrogen-bond donors (Lipinski definition) is 3. The second-order valence-corrected chi connectivity index (χ2v) is 6.48. The minimum absolute atomic E-state index is 0.0541. The van der Waals surface area contributed by atoms with E-state index < -0.39 is 5.91 Å². The lowest BCUT2D eigenvalue weighted by Gasteiger charge is -2.19. The number of aryl methyl sites for hydroxylation is 1.